The Bertz CT molecular complexity index is 424. The van der Waals surface area contributed by atoms with Crippen molar-refractivity contribution >= 4 is 27.4 Å². The van der Waals surface area contributed by atoms with Crippen LogP contribution in [0.2, 0.25) is 0 Å². The molecule has 0 saturated carbocycles. The minimum Gasteiger partial charge on any atom is -0.369 e. The Morgan fingerprint density at radius 1 is 1.33 bits per heavy atom. The normalized spacial score (nSPS) is 10.7. The quantitative estimate of drug-likeness (QED) is 0.787. The molecule has 0 aliphatic heterocycles. The zero-order valence-corrected chi connectivity index (χ0v) is 9.68. The first-order valence-electron chi connectivity index (χ1n) is 5.34. The van der Waals surface area contributed by atoms with Gasteiger partial charge in [-0.1, -0.05) is 19.8 Å². The van der Waals surface area contributed by atoms with Gasteiger partial charge in [-0.15, -0.1) is 11.3 Å². The average Bonchev–Trinajstić information content (AvgIpc) is 2.73. The summed E-state index contributed by atoms with van der Waals surface area (Å²) < 4.78 is 1.16. The van der Waals surface area contributed by atoms with Gasteiger partial charge in [-0.3, -0.25) is 0 Å². The second-order valence-electron chi connectivity index (χ2n) is 3.49. The summed E-state index contributed by atoms with van der Waals surface area (Å²) in [5, 5.41) is 5.42. The van der Waals surface area contributed by atoms with E-state index in [4.69, 9.17) is 0 Å². The van der Waals surface area contributed by atoms with Gasteiger partial charge in [-0.2, -0.15) is 0 Å². The zero-order chi connectivity index (χ0) is 10.5. The fraction of sp³-hybridized carbons (Fsp3) is 0.455. The average molecular weight is 221 g/mol. The molecule has 4 heteroatoms. The summed E-state index contributed by atoms with van der Waals surface area (Å²) in [6.07, 6.45) is 5.34. The highest BCUT2D eigenvalue weighted by molar-refractivity contribution is 7.17. The topological polar surface area (TPSA) is 37.8 Å². The van der Waals surface area contributed by atoms with Crippen LogP contribution in [0.4, 0.5) is 5.82 Å². The van der Waals surface area contributed by atoms with Crippen LogP contribution >= 0.6 is 11.3 Å². The van der Waals surface area contributed by atoms with Crippen molar-refractivity contribution in [3.05, 3.63) is 17.8 Å². The van der Waals surface area contributed by atoms with Crippen LogP contribution in [-0.2, 0) is 0 Å². The Morgan fingerprint density at radius 3 is 3.13 bits per heavy atom. The number of nitrogens with one attached hydrogen (secondary N) is 1. The Balaban J connectivity index is 2.04. The van der Waals surface area contributed by atoms with E-state index in [-0.39, 0.29) is 0 Å². The molecular formula is C11H15N3S. The van der Waals surface area contributed by atoms with Crippen molar-refractivity contribution in [1.29, 1.82) is 0 Å². The third kappa shape index (κ3) is 2.45. The molecule has 2 aromatic heterocycles. The molecule has 2 heterocycles. The summed E-state index contributed by atoms with van der Waals surface area (Å²) in [6.45, 7) is 3.21. The van der Waals surface area contributed by atoms with E-state index < -0.39 is 0 Å². The van der Waals surface area contributed by atoms with Gasteiger partial charge in [0, 0.05) is 6.54 Å². The molecule has 0 aliphatic carbocycles. The van der Waals surface area contributed by atoms with E-state index >= 15 is 0 Å². The van der Waals surface area contributed by atoms with Gasteiger partial charge in [0.05, 0.1) is 10.2 Å². The molecule has 0 aromatic carbocycles. The number of nitrogens with zero attached hydrogens (tertiary/aromatic N) is 2. The summed E-state index contributed by atoms with van der Waals surface area (Å²) >= 11 is 1.69. The van der Waals surface area contributed by atoms with E-state index in [1.54, 1.807) is 17.7 Å². The monoisotopic (exact) mass is 221 g/mol. The van der Waals surface area contributed by atoms with E-state index in [2.05, 4.69) is 27.6 Å². The summed E-state index contributed by atoms with van der Waals surface area (Å²) in [7, 11) is 0. The van der Waals surface area contributed by atoms with Crippen molar-refractivity contribution in [3.63, 3.8) is 0 Å². The molecule has 3 nitrogen and oxygen atoms in total. The standard InChI is InChI=1S/C11H15N3S/c1-2-3-4-6-12-11-10-9(5-7-15-10)13-8-14-11/h5,7-8H,2-4,6H2,1H3,(H,12,13,14). The molecule has 0 bridgehead atoms. The highest BCUT2D eigenvalue weighted by Crippen LogP contribution is 2.24. The summed E-state index contributed by atoms with van der Waals surface area (Å²) in [5.74, 6) is 0.978. The van der Waals surface area contributed by atoms with Crippen LogP contribution in [-0.4, -0.2) is 16.5 Å². The minimum atomic E-state index is 0.978. The fourth-order valence-electron chi connectivity index (χ4n) is 1.50. The van der Waals surface area contributed by atoms with Crippen LogP contribution in [0, 0.1) is 0 Å². The van der Waals surface area contributed by atoms with Crippen molar-refractivity contribution in [2.45, 2.75) is 26.2 Å². The van der Waals surface area contributed by atoms with E-state index in [0.29, 0.717) is 0 Å². The maximum Gasteiger partial charge on any atom is 0.147 e. The summed E-state index contributed by atoms with van der Waals surface area (Å²) in [6, 6.07) is 2.03. The lowest BCUT2D eigenvalue weighted by Gasteiger charge is -2.04. The zero-order valence-electron chi connectivity index (χ0n) is 8.86. The lowest BCUT2D eigenvalue weighted by molar-refractivity contribution is 0.743. The molecule has 0 atom stereocenters. The molecule has 0 fully saturated rings. The lowest BCUT2D eigenvalue weighted by atomic mass is 10.2. The van der Waals surface area contributed by atoms with Gasteiger partial charge in [0.25, 0.3) is 0 Å². The first-order chi connectivity index (χ1) is 7.42. The van der Waals surface area contributed by atoms with Crippen molar-refractivity contribution in [1.82, 2.24) is 9.97 Å². The maximum absolute atomic E-state index is 4.26. The van der Waals surface area contributed by atoms with Crippen molar-refractivity contribution in [3.8, 4) is 0 Å². The molecular weight excluding hydrogens is 206 g/mol. The molecule has 0 spiro atoms. The molecule has 15 heavy (non-hydrogen) atoms. The van der Waals surface area contributed by atoms with Crippen molar-refractivity contribution < 1.29 is 0 Å². The Labute approximate surface area is 93.6 Å². The van der Waals surface area contributed by atoms with Gasteiger partial charge in [-0.25, -0.2) is 9.97 Å². The second kappa shape index (κ2) is 5.07. The first-order valence-corrected chi connectivity index (χ1v) is 6.22. The van der Waals surface area contributed by atoms with E-state index in [1.807, 2.05) is 6.07 Å². The third-order valence-electron chi connectivity index (χ3n) is 2.32. The number of hydrogen-bond donors (Lipinski definition) is 1. The van der Waals surface area contributed by atoms with Crippen LogP contribution in [0.3, 0.4) is 0 Å². The van der Waals surface area contributed by atoms with Gasteiger partial charge in [0.1, 0.15) is 12.1 Å². The van der Waals surface area contributed by atoms with Crippen LogP contribution in [0.15, 0.2) is 17.8 Å². The van der Waals surface area contributed by atoms with Crippen molar-refractivity contribution in [2.24, 2.45) is 0 Å². The summed E-state index contributed by atoms with van der Waals surface area (Å²) in [5.41, 5.74) is 1.04. The smallest absolute Gasteiger partial charge is 0.147 e. The molecule has 1 N–H and O–H groups in total. The predicted molar refractivity (Wildman–Crippen MR) is 65.4 cm³/mol. The van der Waals surface area contributed by atoms with Gasteiger partial charge in [0.2, 0.25) is 0 Å². The minimum absolute atomic E-state index is 0.978. The Hall–Kier alpha value is -1.16. The van der Waals surface area contributed by atoms with Crippen LogP contribution in [0.1, 0.15) is 26.2 Å². The van der Waals surface area contributed by atoms with Crippen molar-refractivity contribution in [2.75, 3.05) is 11.9 Å². The van der Waals surface area contributed by atoms with Crippen LogP contribution in [0.25, 0.3) is 10.2 Å². The lowest BCUT2D eigenvalue weighted by Crippen LogP contribution is -2.03. The molecule has 0 unspecified atom stereocenters. The molecule has 0 amide bonds. The van der Waals surface area contributed by atoms with E-state index in [9.17, 15) is 0 Å². The van der Waals surface area contributed by atoms with E-state index in [1.165, 1.54) is 19.3 Å². The number of rotatable bonds is 5. The number of anilines is 1. The van der Waals surface area contributed by atoms with Gasteiger partial charge in [0.15, 0.2) is 0 Å². The number of unbranched alkanes of at least 4 members (excludes halogenated alkanes) is 2. The van der Waals surface area contributed by atoms with Gasteiger partial charge < -0.3 is 5.32 Å². The number of fused-ring (bicyclic) bond motifs is 1. The Morgan fingerprint density at radius 2 is 2.27 bits per heavy atom. The third-order valence-corrected chi connectivity index (χ3v) is 3.23. The van der Waals surface area contributed by atoms with Crippen LogP contribution < -0.4 is 5.32 Å². The fourth-order valence-corrected chi connectivity index (χ4v) is 2.31. The SMILES string of the molecule is CCCCCNc1ncnc2ccsc12. The molecule has 2 rings (SSSR count). The number of thiophene rings is 1. The van der Waals surface area contributed by atoms with E-state index in [0.717, 1.165) is 22.6 Å². The highest BCUT2D eigenvalue weighted by atomic mass is 32.1. The highest BCUT2D eigenvalue weighted by Gasteiger charge is 2.03. The molecule has 80 valence electrons. The number of hydrogen-bond acceptors (Lipinski definition) is 4. The summed E-state index contributed by atoms with van der Waals surface area (Å²) in [4.78, 5) is 8.47. The molecule has 0 radical (unpaired) electrons. The largest absolute Gasteiger partial charge is 0.369 e. The van der Waals surface area contributed by atoms with Gasteiger partial charge >= 0.3 is 0 Å². The van der Waals surface area contributed by atoms with Gasteiger partial charge in [-0.05, 0) is 17.9 Å². The maximum atomic E-state index is 4.26. The predicted octanol–water partition coefficient (Wildman–Crippen LogP) is 3.29. The second-order valence-corrected chi connectivity index (χ2v) is 4.41. The molecule has 2 aromatic rings. The molecule has 0 aliphatic rings. The first kappa shape index (κ1) is 10.4. The molecule has 0 saturated heterocycles. The van der Waals surface area contributed by atoms with Crippen LogP contribution in [0.5, 0.6) is 0 Å². The number of aromatic nitrogens is 2. The Kier molecular flexibility index (Phi) is 3.50.